The zero-order valence-electron chi connectivity index (χ0n) is 46.0. The lowest BCUT2D eigenvalue weighted by Gasteiger charge is -2.31. The summed E-state index contributed by atoms with van der Waals surface area (Å²) in [5.41, 5.74) is 7.51. The van der Waals surface area contributed by atoms with E-state index in [0.717, 1.165) is 44.9 Å². The van der Waals surface area contributed by atoms with Gasteiger partial charge < -0.3 is 9.47 Å². The van der Waals surface area contributed by atoms with Gasteiger partial charge in [-0.3, -0.25) is 9.59 Å². The average Bonchev–Trinajstić information content (AvgIpc) is 3.38. The van der Waals surface area contributed by atoms with Crippen LogP contribution in [-0.2, 0) is 31.9 Å². The fourth-order valence-corrected chi connectivity index (χ4v) is 9.01. The molecule has 4 heteroatoms. The van der Waals surface area contributed by atoms with Crippen LogP contribution in [0.25, 0.3) is 0 Å². The van der Waals surface area contributed by atoms with E-state index in [0.29, 0.717) is 49.7 Å². The molecule has 0 N–H and O–H groups in total. The van der Waals surface area contributed by atoms with Crippen LogP contribution in [0.15, 0.2) is 122 Å². The molecule has 0 saturated carbocycles. The largest absolute Gasteiger partial charge is 0.465 e. The van der Waals surface area contributed by atoms with Crippen molar-refractivity contribution in [2.75, 3.05) is 13.2 Å². The number of esters is 2. The molecule has 4 aromatic carbocycles. The normalized spacial score (nSPS) is 14.8. The Bertz CT molecular complexity index is 2200. The number of benzene rings is 4. The van der Waals surface area contributed by atoms with Gasteiger partial charge in [-0.25, -0.2) is 0 Å². The standard InChI is InChI=1S/C40H50.C24H38O4.C2H4/c1-8-12-16-27-40(7,11-4)30-33-19-21-38(22-20-33)39(29-34(10-3)37-17-14-13-15-18-37)28-32(6)36-25-23-35(24-26-36)31(5)9-2;1-7-9-15-27-21(25)19(3)16-24(6,8-2)22(26)28-18-23(4,5)17-20-13-11-10-12-14-20;1-2/h13-15,17-26,31-32,34,39H,9-11,28-30H2,1-7H3;10-14,19H,7-9,15-18H2,1-6H3;1-2H2. The Morgan fingerprint density at radius 1 is 0.600 bits per heavy atom. The number of hydrogen-bond donors (Lipinski definition) is 0. The fourth-order valence-electron chi connectivity index (χ4n) is 9.01. The van der Waals surface area contributed by atoms with Gasteiger partial charge in [0.2, 0.25) is 0 Å². The lowest BCUT2D eigenvalue weighted by Crippen LogP contribution is -2.36. The summed E-state index contributed by atoms with van der Waals surface area (Å²) in [5.74, 6) is 13.7. The molecule has 0 aliphatic carbocycles. The van der Waals surface area contributed by atoms with Crippen LogP contribution < -0.4 is 0 Å². The van der Waals surface area contributed by atoms with E-state index in [4.69, 9.17) is 9.47 Å². The van der Waals surface area contributed by atoms with Crippen LogP contribution in [0.1, 0.15) is 205 Å². The van der Waals surface area contributed by atoms with Crippen molar-refractivity contribution in [3.63, 3.8) is 0 Å². The molecule has 380 valence electrons. The maximum atomic E-state index is 12.8. The second-order valence-electron chi connectivity index (χ2n) is 21.0. The molecular weight excluding hydrogens is 857 g/mol. The summed E-state index contributed by atoms with van der Waals surface area (Å²) in [5, 5.41) is 0. The predicted molar refractivity (Wildman–Crippen MR) is 299 cm³/mol. The SMILES string of the molecule is C=C.CC#CC#CC(C)(CC)Cc1ccc(C(CC(C)c2ccc(C(C)CC)cc2)CC(CC)c2ccccc2)cc1.CCCCOC(=O)C(C)CC(C)(CC)C(=O)OCC(C)(C)Cc1ccccc1. The van der Waals surface area contributed by atoms with Gasteiger partial charge in [0.1, 0.15) is 0 Å². The molecule has 0 heterocycles. The molecule has 4 rings (SSSR count). The molecule has 70 heavy (non-hydrogen) atoms. The number of carbonyl (C=O) groups is 2. The first-order valence-corrected chi connectivity index (χ1v) is 26.5. The first kappa shape index (κ1) is 60.8. The molecule has 0 saturated heterocycles. The number of unbranched alkanes of at least 4 members (excludes halogenated alkanes) is 1. The predicted octanol–water partition coefficient (Wildman–Crippen LogP) is 17.4. The van der Waals surface area contributed by atoms with Crippen LogP contribution >= 0.6 is 0 Å². The first-order valence-electron chi connectivity index (χ1n) is 26.5. The maximum absolute atomic E-state index is 12.8. The molecule has 0 bridgehead atoms. The maximum Gasteiger partial charge on any atom is 0.311 e. The van der Waals surface area contributed by atoms with Gasteiger partial charge in [0.05, 0.1) is 24.5 Å². The summed E-state index contributed by atoms with van der Waals surface area (Å²) in [6, 6.07) is 40.2. The highest BCUT2D eigenvalue weighted by molar-refractivity contribution is 5.78. The van der Waals surface area contributed by atoms with Gasteiger partial charge in [0.25, 0.3) is 0 Å². The molecule has 0 amide bonds. The van der Waals surface area contributed by atoms with E-state index in [-0.39, 0.29) is 28.7 Å². The monoisotopic (exact) mass is 949 g/mol. The Morgan fingerprint density at radius 3 is 1.67 bits per heavy atom. The zero-order chi connectivity index (χ0) is 52.2. The van der Waals surface area contributed by atoms with Crippen molar-refractivity contribution in [1.29, 1.82) is 0 Å². The van der Waals surface area contributed by atoms with E-state index in [1.165, 1.54) is 46.2 Å². The quantitative estimate of drug-likeness (QED) is 0.0287. The summed E-state index contributed by atoms with van der Waals surface area (Å²) >= 11 is 0. The topological polar surface area (TPSA) is 52.6 Å². The Kier molecular flexibility index (Phi) is 27.6. The van der Waals surface area contributed by atoms with Gasteiger partial charge in [-0.1, -0.05) is 197 Å². The molecule has 7 unspecified atom stereocenters. The molecule has 7 atom stereocenters. The second-order valence-corrected chi connectivity index (χ2v) is 21.0. The van der Waals surface area contributed by atoms with E-state index >= 15 is 0 Å². The van der Waals surface area contributed by atoms with Gasteiger partial charge in [0.15, 0.2) is 0 Å². The Morgan fingerprint density at radius 2 is 1.14 bits per heavy atom. The summed E-state index contributed by atoms with van der Waals surface area (Å²) in [7, 11) is 0. The lowest BCUT2D eigenvalue weighted by atomic mass is 9.77. The summed E-state index contributed by atoms with van der Waals surface area (Å²) < 4.78 is 11.0. The van der Waals surface area contributed by atoms with Crippen molar-refractivity contribution >= 4 is 11.9 Å². The molecule has 0 radical (unpaired) electrons. The van der Waals surface area contributed by atoms with E-state index in [9.17, 15) is 9.59 Å². The third-order valence-corrected chi connectivity index (χ3v) is 14.3. The number of hydrogen-bond acceptors (Lipinski definition) is 4. The highest BCUT2D eigenvalue weighted by Crippen LogP contribution is 2.40. The fraction of sp³-hybridized carbons (Fsp3) is 0.515. The first-order chi connectivity index (χ1) is 33.4. The highest BCUT2D eigenvalue weighted by Gasteiger charge is 2.38. The molecule has 0 spiro atoms. The Hall–Kier alpha value is -5.32. The van der Waals surface area contributed by atoms with Gasteiger partial charge in [-0.2, -0.15) is 0 Å². The van der Waals surface area contributed by atoms with Crippen molar-refractivity contribution in [2.24, 2.45) is 22.2 Å². The van der Waals surface area contributed by atoms with Crippen molar-refractivity contribution in [1.82, 2.24) is 0 Å². The Labute approximate surface area is 428 Å². The minimum absolute atomic E-state index is 0.0542. The number of ether oxygens (including phenoxy) is 2. The van der Waals surface area contributed by atoms with Crippen LogP contribution in [-0.4, -0.2) is 25.2 Å². The van der Waals surface area contributed by atoms with Crippen LogP contribution in [0.4, 0.5) is 0 Å². The molecule has 0 fully saturated rings. The average molecular weight is 949 g/mol. The van der Waals surface area contributed by atoms with Crippen molar-refractivity contribution < 1.29 is 19.1 Å². The number of rotatable bonds is 25. The van der Waals surface area contributed by atoms with Gasteiger partial charge in [0, 0.05) is 10.8 Å². The van der Waals surface area contributed by atoms with E-state index in [1.807, 2.05) is 45.9 Å². The van der Waals surface area contributed by atoms with Crippen molar-refractivity contribution in [3.8, 4) is 23.7 Å². The summed E-state index contributed by atoms with van der Waals surface area (Å²) in [6.45, 7) is 34.4. The third kappa shape index (κ3) is 21.0. The zero-order valence-corrected chi connectivity index (χ0v) is 46.0. The van der Waals surface area contributed by atoms with Crippen LogP contribution in [0, 0.1) is 45.8 Å². The molecule has 4 aromatic rings. The summed E-state index contributed by atoms with van der Waals surface area (Å²) in [4.78, 5) is 25.0. The van der Waals surface area contributed by atoms with Gasteiger partial charge in [-0.15, -0.1) is 13.2 Å². The molecular formula is C66H92O4. The lowest BCUT2D eigenvalue weighted by molar-refractivity contribution is -0.161. The van der Waals surface area contributed by atoms with Crippen LogP contribution in [0.3, 0.4) is 0 Å². The summed E-state index contributed by atoms with van der Waals surface area (Å²) in [6.07, 6.45) is 10.4. The van der Waals surface area contributed by atoms with Gasteiger partial charge in [-0.05, 0) is 154 Å². The van der Waals surface area contributed by atoms with Crippen molar-refractivity contribution in [2.45, 2.75) is 184 Å². The van der Waals surface area contributed by atoms with Gasteiger partial charge >= 0.3 is 11.9 Å². The molecule has 0 aromatic heterocycles. The minimum atomic E-state index is -0.688. The molecule has 4 nitrogen and oxygen atoms in total. The molecule has 0 aliphatic rings. The Balaban J connectivity index is 0.000000493. The van der Waals surface area contributed by atoms with Crippen molar-refractivity contribution in [3.05, 3.63) is 156 Å². The van der Waals surface area contributed by atoms with E-state index < -0.39 is 5.41 Å². The highest BCUT2D eigenvalue weighted by atomic mass is 16.5. The minimum Gasteiger partial charge on any atom is -0.465 e. The number of carbonyl (C=O) groups excluding carboxylic acids is 2. The van der Waals surface area contributed by atoms with E-state index in [2.05, 4.69) is 190 Å². The van der Waals surface area contributed by atoms with Crippen LogP contribution in [0.5, 0.6) is 0 Å². The smallest absolute Gasteiger partial charge is 0.311 e. The molecule has 0 aliphatic heterocycles. The van der Waals surface area contributed by atoms with Crippen LogP contribution in [0.2, 0.25) is 0 Å². The third-order valence-electron chi connectivity index (χ3n) is 14.3. The second kappa shape index (κ2) is 31.8. The van der Waals surface area contributed by atoms with E-state index in [1.54, 1.807) is 0 Å².